The smallest absolute Gasteiger partial charge is 0.323 e. The highest BCUT2D eigenvalue weighted by molar-refractivity contribution is 6.29. The number of terminal acetylenes is 1. The summed E-state index contributed by atoms with van der Waals surface area (Å²) in [6, 6.07) is 0.993. The van der Waals surface area contributed by atoms with Crippen molar-refractivity contribution < 1.29 is 19.6 Å². The Morgan fingerprint density at radius 2 is 2.25 bits per heavy atom. The summed E-state index contributed by atoms with van der Waals surface area (Å²) in [7, 11) is 0. The number of aromatic nitrogens is 1. The number of hydrogen-bond donors (Lipinski definition) is 1. The number of carboxylic acids is 1. The van der Waals surface area contributed by atoms with Crippen LogP contribution in [-0.2, 0) is 4.79 Å². The van der Waals surface area contributed by atoms with Crippen LogP contribution in [0.5, 0.6) is 0 Å². The van der Waals surface area contributed by atoms with Crippen LogP contribution in [0.15, 0.2) is 12.3 Å². The average Bonchev–Trinajstić information content (AvgIpc) is 2.36. The van der Waals surface area contributed by atoms with Crippen LogP contribution in [0.2, 0.25) is 5.15 Å². The van der Waals surface area contributed by atoms with Crippen LogP contribution < -0.4 is 0 Å². The predicted octanol–water partition coefficient (Wildman–Crippen LogP) is 0.803. The number of pyridine rings is 1. The molecule has 0 radical (unpaired) electrons. The quantitative estimate of drug-likeness (QED) is 0.372. The Labute approximate surface area is 118 Å². The number of nitrogens with zero attached hydrogens (tertiary/aromatic N) is 3. The van der Waals surface area contributed by atoms with Crippen LogP contribution in [0.3, 0.4) is 0 Å². The summed E-state index contributed by atoms with van der Waals surface area (Å²) in [4.78, 5) is 37.1. The first-order valence-corrected chi connectivity index (χ1v) is 5.49. The number of amides is 1. The lowest BCUT2D eigenvalue weighted by Crippen LogP contribution is -2.36. The van der Waals surface area contributed by atoms with Gasteiger partial charge < -0.3 is 10.0 Å². The number of carbonyl (C=O) groups excluding carboxylic acids is 1. The van der Waals surface area contributed by atoms with Crippen molar-refractivity contribution in [2.24, 2.45) is 0 Å². The molecule has 8 nitrogen and oxygen atoms in total. The van der Waals surface area contributed by atoms with Gasteiger partial charge in [-0.3, -0.25) is 19.7 Å². The highest BCUT2D eigenvalue weighted by Gasteiger charge is 2.26. The van der Waals surface area contributed by atoms with Gasteiger partial charge in [-0.2, -0.15) is 0 Å². The van der Waals surface area contributed by atoms with Gasteiger partial charge in [-0.25, -0.2) is 4.98 Å². The summed E-state index contributed by atoms with van der Waals surface area (Å²) in [6.45, 7) is -0.984. The minimum atomic E-state index is -1.29. The van der Waals surface area contributed by atoms with Gasteiger partial charge in [0.25, 0.3) is 11.6 Å². The average molecular weight is 298 g/mol. The molecule has 1 heterocycles. The Morgan fingerprint density at radius 1 is 1.60 bits per heavy atom. The maximum absolute atomic E-state index is 12.1. The number of carbonyl (C=O) groups is 2. The Kier molecular flexibility index (Phi) is 5.00. The van der Waals surface area contributed by atoms with Crippen LogP contribution in [-0.4, -0.2) is 44.9 Å². The molecule has 1 N–H and O–H groups in total. The van der Waals surface area contributed by atoms with E-state index in [4.69, 9.17) is 23.1 Å². The maximum atomic E-state index is 12.1. The van der Waals surface area contributed by atoms with E-state index < -0.39 is 29.0 Å². The highest BCUT2D eigenvalue weighted by atomic mass is 35.5. The summed E-state index contributed by atoms with van der Waals surface area (Å²) >= 11 is 5.59. The van der Waals surface area contributed by atoms with Crippen molar-refractivity contribution >= 4 is 29.2 Å². The molecule has 0 aliphatic rings. The van der Waals surface area contributed by atoms with Crippen molar-refractivity contribution in [1.29, 1.82) is 0 Å². The molecule has 0 spiro atoms. The standard InChI is InChI=1S/C11H8ClN3O5/c1-2-3-14(6-10(16)17)11(18)7-4-9(12)13-5-8(7)15(19)20/h1,4-5H,3,6H2,(H,16,17). The van der Waals surface area contributed by atoms with Crippen molar-refractivity contribution in [1.82, 2.24) is 9.88 Å². The third kappa shape index (κ3) is 3.66. The second-order valence-corrected chi connectivity index (χ2v) is 3.93. The van der Waals surface area contributed by atoms with E-state index in [9.17, 15) is 19.7 Å². The molecule has 104 valence electrons. The van der Waals surface area contributed by atoms with Gasteiger partial charge in [0.15, 0.2) is 0 Å². The molecule has 1 aromatic rings. The number of aliphatic carboxylic acids is 1. The van der Waals surface area contributed by atoms with Gasteiger partial charge in [0.1, 0.15) is 23.5 Å². The molecular weight excluding hydrogens is 290 g/mol. The van der Waals surface area contributed by atoms with Crippen molar-refractivity contribution in [3.8, 4) is 12.3 Å². The van der Waals surface area contributed by atoms with Crippen LogP contribution in [0.4, 0.5) is 5.69 Å². The fourth-order valence-electron chi connectivity index (χ4n) is 1.38. The van der Waals surface area contributed by atoms with Gasteiger partial charge in [0, 0.05) is 0 Å². The topological polar surface area (TPSA) is 114 Å². The lowest BCUT2D eigenvalue weighted by molar-refractivity contribution is -0.385. The van der Waals surface area contributed by atoms with Gasteiger partial charge in [0.05, 0.1) is 11.5 Å². The normalized spacial score (nSPS) is 9.60. The van der Waals surface area contributed by atoms with E-state index in [1.54, 1.807) is 0 Å². The fourth-order valence-corrected chi connectivity index (χ4v) is 1.54. The molecule has 0 unspecified atom stereocenters. The van der Waals surface area contributed by atoms with Crippen LogP contribution in [0.25, 0.3) is 0 Å². The molecule has 1 amide bonds. The second kappa shape index (κ2) is 6.49. The molecule has 0 saturated heterocycles. The van der Waals surface area contributed by atoms with Gasteiger partial charge in [-0.1, -0.05) is 17.5 Å². The Morgan fingerprint density at radius 3 is 2.75 bits per heavy atom. The number of nitro groups is 1. The largest absolute Gasteiger partial charge is 0.480 e. The van der Waals surface area contributed by atoms with Crippen LogP contribution >= 0.6 is 11.6 Å². The first-order valence-electron chi connectivity index (χ1n) is 5.11. The molecule has 0 bridgehead atoms. The third-order valence-electron chi connectivity index (χ3n) is 2.17. The lowest BCUT2D eigenvalue weighted by atomic mass is 10.2. The van der Waals surface area contributed by atoms with Crippen molar-refractivity contribution in [3.63, 3.8) is 0 Å². The zero-order valence-electron chi connectivity index (χ0n) is 9.95. The third-order valence-corrected chi connectivity index (χ3v) is 2.38. The van der Waals surface area contributed by atoms with Crippen molar-refractivity contribution in [3.05, 3.63) is 33.1 Å². The van der Waals surface area contributed by atoms with E-state index in [0.717, 1.165) is 17.2 Å². The maximum Gasteiger partial charge on any atom is 0.323 e. The van der Waals surface area contributed by atoms with E-state index in [1.807, 2.05) is 0 Å². The SMILES string of the molecule is C#CCN(CC(=O)O)C(=O)c1cc(Cl)ncc1[N+](=O)[O-]. The summed E-state index contributed by atoms with van der Waals surface area (Å²) in [6.07, 6.45) is 5.86. The predicted molar refractivity (Wildman–Crippen MR) is 68.3 cm³/mol. The lowest BCUT2D eigenvalue weighted by Gasteiger charge is -2.17. The minimum absolute atomic E-state index is 0.130. The number of hydrogen-bond acceptors (Lipinski definition) is 5. The number of carboxylic acid groups (broad SMARTS) is 1. The van der Waals surface area contributed by atoms with Crippen LogP contribution in [0.1, 0.15) is 10.4 Å². The molecule has 0 fully saturated rings. The molecule has 0 aliphatic carbocycles. The molecule has 0 atom stereocenters. The zero-order chi connectivity index (χ0) is 15.3. The van der Waals surface area contributed by atoms with Gasteiger partial charge in [0.2, 0.25) is 0 Å². The molecule has 0 aromatic carbocycles. The van der Waals surface area contributed by atoms with E-state index >= 15 is 0 Å². The highest BCUT2D eigenvalue weighted by Crippen LogP contribution is 2.21. The van der Waals surface area contributed by atoms with Gasteiger partial charge in [-0.15, -0.1) is 6.42 Å². The van der Waals surface area contributed by atoms with Gasteiger partial charge in [-0.05, 0) is 6.07 Å². The first kappa shape index (κ1) is 15.4. The molecular formula is C11H8ClN3O5. The Hall–Kier alpha value is -2.66. The monoisotopic (exact) mass is 297 g/mol. The summed E-state index contributed by atoms with van der Waals surface area (Å²) < 4.78 is 0. The fraction of sp³-hybridized carbons (Fsp3) is 0.182. The first-order chi connectivity index (χ1) is 9.36. The minimum Gasteiger partial charge on any atom is -0.480 e. The second-order valence-electron chi connectivity index (χ2n) is 3.54. The molecule has 1 aromatic heterocycles. The van der Waals surface area contributed by atoms with Crippen molar-refractivity contribution in [2.45, 2.75) is 0 Å². The molecule has 0 saturated carbocycles. The van der Waals surface area contributed by atoms with E-state index in [0.29, 0.717) is 0 Å². The number of halogens is 1. The van der Waals surface area contributed by atoms with Crippen LogP contribution in [0, 0.1) is 22.5 Å². The van der Waals surface area contributed by atoms with E-state index in [1.165, 1.54) is 0 Å². The van der Waals surface area contributed by atoms with E-state index in [-0.39, 0.29) is 17.3 Å². The van der Waals surface area contributed by atoms with E-state index in [2.05, 4.69) is 10.9 Å². The summed E-state index contributed by atoms with van der Waals surface area (Å²) in [5.41, 5.74) is -0.946. The van der Waals surface area contributed by atoms with Crippen molar-refractivity contribution in [2.75, 3.05) is 13.1 Å². The molecule has 9 heteroatoms. The Balaban J connectivity index is 3.23. The Bertz CT molecular complexity index is 611. The number of rotatable bonds is 5. The zero-order valence-corrected chi connectivity index (χ0v) is 10.7. The van der Waals surface area contributed by atoms with Gasteiger partial charge >= 0.3 is 5.97 Å². The molecule has 20 heavy (non-hydrogen) atoms. The summed E-state index contributed by atoms with van der Waals surface area (Å²) in [5.74, 6) is -0.0861. The summed E-state index contributed by atoms with van der Waals surface area (Å²) in [5, 5.41) is 19.4. The molecule has 0 aliphatic heterocycles. The molecule has 1 rings (SSSR count).